The fourth-order valence-corrected chi connectivity index (χ4v) is 7.79. The van der Waals surface area contributed by atoms with Gasteiger partial charge in [0.05, 0.1) is 30.0 Å². The largest absolute Gasteiger partial charge is 0.393 e. The van der Waals surface area contributed by atoms with Crippen molar-refractivity contribution in [1.82, 2.24) is 0 Å². The summed E-state index contributed by atoms with van der Waals surface area (Å²) >= 11 is 0. The maximum absolute atomic E-state index is 10.3. The van der Waals surface area contributed by atoms with Crippen LogP contribution in [0.3, 0.4) is 0 Å². The number of aliphatic hydroxyl groups is 3. The molecule has 180 valence electrons. The molecule has 4 heteroatoms. The molecule has 1 aliphatic heterocycles. The molecule has 3 aliphatic carbocycles. The topological polar surface area (TPSA) is 69.9 Å². The summed E-state index contributed by atoms with van der Waals surface area (Å²) in [5, 5.41) is 30.6. The normalized spacial score (nSPS) is 45.6. The summed E-state index contributed by atoms with van der Waals surface area (Å²) in [4.78, 5) is 0. The lowest BCUT2D eigenvalue weighted by atomic mass is 9.59. The van der Waals surface area contributed by atoms with Crippen molar-refractivity contribution in [3.8, 4) is 0 Å². The maximum atomic E-state index is 10.3. The third-order valence-electron chi connectivity index (χ3n) is 9.10. The van der Waals surface area contributed by atoms with Gasteiger partial charge in [0, 0.05) is 6.42 Å². The second-order valence-corrected chi connectivity index (χ2v) is 12.3. The van der Waals surface area contributed by atoms with Gasteiger partial charge in [-0.1, -0.05) is 31.2 Å². The van der Waals surface area contributed by atoms with E-state index in [2.05, 4.69) is 32.6 Å². The van der Waals surface area contributed by atoms with Gasteiger partial charge in [0.25, 0.3) is 0 Å². The van der Waals surface area contributed by atoms with E-state index in [-0.39, 0.29) is 11.0 Å². The van der Waals surface area contributed by atoms with Crippen LogP contribution in [0.1, 0.15) is 85.5 Å². The van der Waals surface area contributed by atoms with Crippen molar-refractivity contribution < 1.29 is 20.1 Å². The smallest absolute Gasteiger partial charge is 0.0811 e. The first-order valence-corrected chi connectivity index (χ1v) is 12.7. The third kappa shape index (κ3) is 4.66. The first-order valence-electron chi connectivity index (χ1n) is 12.7. The molecule has 4 fully saturated rings. The summed E-state index contributed by atoms with van der Waals surface area (Å²) in [6.07, 6.45) is 12.1. The van der Waals surface area contributed by atoms with Gasteiger partial charge in [-0.2, -0.15) is 0 Å². The predicted molar refractivity (Wildman–Crippen MR) is 128 cm³/mol. The first kappa shape index (κ1) is 24.2. The number of aliphatic hydroxyl groups excluding tert-OH is 2. The lowest BCUT2D eigenvalue weighted by Gasteiger charge is -2.47. The number of rotatable bonds is 4. The van der Waals surface area contributed by atoms with Crippen molar-refractivity contribution in [2.45, 2.75) is 109 Å². The van der Waals surface area contributed by atoms with Gasteiger partial charge < -0.3 is 20.1 Å². The summed E-state index contributed by atoms with van der Waals surface area (Å²) in [6.45, 7) is 13.4. The summed E-state index contributed by atoms with van der Waals surface area (Å²) in [6, 6.07) is 0. The number of hydrogen-bond acceptors (Lipinski definition) is 4. The van der Waals surface area contributed by atoms with Crippen LogP contribution in [0, 0.1) is 23.2 Å². The van der Waals surface area contributed by atoms with Gasteiger partial charge in [-0.05, 0) is 106 Å². The highest BCUT2D eigenvalue weighted by Crippen LogP contribution is 2.62. The summed E-state index contributed by atoms with van der Waals surface area (Å²) in [5.41, 5.74) is 2.77. The van der Waals surface area contributed by atoms with Gasteiger partial charge in [0.2, 0.25) is 0 Å². The molecule has 1 heterocycles. The minimum Gasteiger partial charge on any atom is -0.393 e. The lowest BCUT2D eigenvalue weighted by molar-refractivity contribution is -0.0753. The zero-order valence-electron chi connectivity index (χ0n) is 20.6. The highest BCUT2D eigenvalue weighted by molar-refractivity contribution is 5.38. The van der Waals surface area contributed by atoms with Crippen molar-refractivity contribution in [1.29, 1.82) is 0 Å². The van der Waals surface area contributed by atoms with Crippen molar-refractivity contribution in [2.24, 2.45) is 23.2 Å². The Kier molecular flexibility index (Phi) is 6.57. The highest BCUT2D eigenvalue weighted by Gasteiger charge is 2.57. The maximum Gasteiger partial charge on any atom is 0.0811 e. The van der Waals surface area contributed by atoms with Crippen LogP contribution in [0.2, 0.25) is 0 Å². The molecule has 4 aliphatic rings. The second-order valence-electron chi connectivity index (χ2n) is 12.3. The van der Waals surface area contributed by atoms with Crippen LogP contribution in [0.5, 0.6) is 0 Å². The molecule has 0 amide bonds. The zero-order valence-corrected chi connectivity index (χ0v) is 20.6. The number of hydrogen-bond donors (Lipinski definition) is 3. The van der Waals surface area contributed by atoms with Crippen molar-refractivity contribution in [2.75, 3.05) is 6.61 Å². The Morgan fingerprint density at radius 2 is 1.94 bits per heavy atom. The van der Waals surface area contributed by atoms with E-state index in [1.807, 2.05) is 13.8 Å². The monoisotopic (exact) mass is 444 g/mol. The molecule has 0 bridgehead atoms. The Labute approximate surface area is 194 Å². The molecule has 2 unspecified atom stereocenters. The molecule has 32 heavy (non-hydrogen) atoms. The number of allylic oxidation sites excluding steroid dienone is 3. The van der Waals surface area contributed by atoms with E-state index in [4.69, 9.17) is 4.74 Å². The molecule has 4 rings (SSSR count). The number of fused-ring (bicyclic) bond motifs is 1. The van der Waals surface area contributed by atoms with Crippen LogP contribution >= 0.6 is 0 Å². The van der Waals surface area contributed by atoms with Gasteiger partial charge in [0.15, 0.2) is 0 Å². The van der Waals surface area contributed by atoms with E-state index in [9.17, 15) is 15.3 Å². The summed E-state index contributed by atoms with van der Waals surface area (Å²) < 4.78 is 6.52. The van der Waals surface area contributed by atoms with E-state index in [0.29, 0.717) is 30.6 Å². The van der Waals surface area contributed by atoms with Crippen LogP contribution in [0.25, 0.3) is 0 Å². The molecule has 0 radical (unpaired) electrons. The van der Waals surface area contributed by atoms with Gasteiger partial charge in [0.1, 0.15) is 0 Å². The van der Waals surface area contributed by atoms with Crippen LogP contribution in [-0.4, -0.2) is 45.3 Å². The van der Waals surface area contributed by atoms with E-state index in [1.54, 1.807) is 0 Å². The van der Waals surface area contributed by atoms with Crippen molar-refractivity contribution in [3.63, 3.8) is 0 Å². The summed E-state index contributed by atoms with van der Waals surface area (Å²) in [7, 11) is 0. The number of ether oxygens (including phenoxy) is 1. The van der Waals surface area contributed by atoms with E-state index in [1.165, 1.54) is 31.3 Å². The molecule has 4 nitrogen and oxygen atoms in total. The standard InChI is InChI=1S/C28H44O4/c1-18-21(13-22(29)14-24(18)30)9-8-20-7-6-12-27(4)23(20)10-11-25(27)28(5)16-19(17-32-28)15-26(2,3)31/h8-9,19,22-25,29-31H,1,6-7,10-17H2,2-5H3/b20-8+,21-9-/t19-,22+,23?,24-,25?,27-,28-/m0/s1. The Hall–Kier alpha value is -0.940. The molecule has 1 saturated heterocycles. The Morgan fingerprint density at radius 3 is 2.66 bits per heavy atom. The van der Waals surface area contributed by atoms with Gasteiger partial charge in [-0.3, -0.25) is 0 Å². The SMILES string of the molecule is C=C1/C(=C\C=C2/CCC[C@@]3(C)C2CCC3[C@]2(C)C[C@H](CC(C)(C)O)CO2)C[C@@H](O)C[C@@H]1O. The van der Waals surface area contributed by atoms with Gasteiger partial charge in [-0.25, -0.2) is 0 Å². The molecule has 3 saturated carbocycles. The molecular formula is C28H44O4. The molecule has 0 aromatic carbocycles. The first-order chi connectivity index (χ1) is 14.9. The minimum absolute atomic E-state index is 0.105. The minimum atomic E-state index is -0.639. The van der Waals surface area contributed by atoms with E-state index >= 15 is 0 Å². The molecule has 3 N–H and O–H groups in total. The molecule has 0 aromatic rings. The summed E-state index contributed by atoms with van der Waals surface area (Å²) in [5.74, 6) is 1.54. The highest BCUT2D eigenvalue weighted by atomic mass is 16.5. The average molecular weight is 445 g/mol. The molecule has 0 aromatic heterocycles. The third-order valence-corrected chi connectivity index (χ3v) is 9.10. The fourth-order valence-electron chi connectivity index (χ4n) is 7.79. The lowest BCUT2D eigenvalue weighted by Crippen LogP contribution is -2.45. The van der Waals surface area contributed by atoms with Gasteiger partial charge >= 0.3 is 0 Å². The quantitative estimate of drug-likeness (QED) is 0.565. The van der Waals surface area contributed by atoms with Crippen molar-refractivity contribution >= 4 is 0 Å². The Bertz CT molecular complexity index is 790. The van der Waals surface area contributed by atoms with Crippen LogP contribution in [-0.2, 0) is 4.74 Å². The van der Waals surface area contributed by atoms with E-state index in [0.717, 1.165) is 37.0 Å². The van der Waals surface area contributed by atoms with Crippen molar-refractivity contribution in [3.05, 3.63) is 35.5 Å². The molecule has 0 spiro atoms. The Morgan fingerprint density at radius 1 is 1.19 bits per heavy atom. The van der Waals surface area contributed by atoms with E-state index < -0.39 is 17.8 Å². The fraction of sp³-hybridized carbons (Fsp3) is 0.786. The molecule has 7 atom stereocenters. The van der Waals surface area contributed by atoms with Crippen LogP contribution in [0.15, 0.2) is 35.5 Å². The van der Waals surface area contributed by atoms with Crippen LogP contribution in [0.4, 0.5) is 0 Å². The molecular weight excluding hydrogens is 400 g/mol. The average Bonchev–Trinajstić information content (AvgIpc) is 3.22. The zero-order chi connectivity index (χ0) is 23.3. The predicted octanol–water partition coefficient (Wildman–Crippen LogP) is 5.08. The van der Waals surface area contributed by atoms with Crippen LogP contribution < -0.4 is 0 Å². The Balaban J connectivity index is 1.52. The van der Waals surface area contributed by atoms with Gasteiger partial charge in [-0.15, -0.1) is 0 Å². The second kappa shape index (κ2) is 8.69.